The second kappa shape index (κ2) is 9.69. The van der Waals surface area contributed by atoms with E-state index >= 15 is 0 Å². The monoisotopic (exact) mass is 505 g/mol. The zero-order chi connectivity index (χ0) is 18.6. The van der Waals surface area contributed by atoms with Crippen LogP contribution in [0.15, 0.2) is 29.3 Å². The Morgan fingerprint density at radius 1 is 1.26 bits per heavy atom. The van der Waals surface area contributed by atoms with E-state index in [0.29, 0.717) is 0 Å². The average Bonchev–Trinajstić information content (AvgIpc) is 2.65. The maximum Gasteiger partial charge on any atom is 0.191 e. The number of hydrogen-bond acceptors (Lipinski definition) is 4. The number of aliphatic imine (C=N–C) groups is 1. The fraction of sp³-hybridized carbons (Fsp3) is 0.650. The van der Waals surface area contributed by atoms with Crippen molar-refractivity contribution in [2.75, 3.05) is 33.1 Å². The van der Waals surface area contributed by atoms with Crippen LogP contribution >= 0.6 is 35.7 Å². The summed E-state index contributed by atoms with van der Waals surface area (Å²) in [5.74, 6) is 1.81. The highest BCUT2D eigenvalue weighted by molar-refractivity contribution is 14.0. The molecule has 0 bridgehead atoms. The third kappa shape index (κ3) is 5.67. The van der Waals surface area contributed by atoms with E-state index in [-0.39, 0.29) is 40.4 Å². The molecule has 2 N–H and O–H groups in total. The minimum atomic E-state index is -0.202. The molecule has 2 heterocycles. The largest absolute Gasteiger partial charge is 0.487 e. The SMILES string of the molecule is CN=C(NCC1(SC)CCOCC1)NC1CC(C)(C)Oc2ccccc21.I. The minimum absolute atomic E-state index is 0. The molecule has 5 nitrogen and oxygen atoms in total. The van der Waals surface area contributed by atoms with Crippen LogP contribution < -0.4 is 15.4 Å². The van der Waals surface area contributed by atoms with E-state index in [1.54, 1.807) is 0 Å². The van der Waals surface area contributed by atoms with Gasteiger partial charge in [-0.25, -0.2) is 0 Å². The number of nitrogens with one attached hydrogen (secondary N) is 2. The van der Waals surface area contributed by atoms with Gasteiger partial charge < -0.3 is 20.1 Å². The van der Waals surface area contributed by atoms with Crippen LogP contribution in [0.2, 0.25) is 0 Å². The van der Waals surface area contributed by atoms with Crippen LogP contribution in [0.4, 0.5) is 0 Å². The van der Waals surface area contributed by atoms with Crippen molar-refractivity contribution in [3.05, 3.63) is 29.8 Å². The Kier molecular flexibility index (Phi) is 8.12. The van der Waals surface area contributed by atoms with Crippen LogP contribution in [0.25, 0.3) is 0 Å². The van der Waals surface area contributed by atoms with Crippen molar-refractivity contribution >= 4 is 41.7 Å². The van der Waals surface area contributed by atoms with Gasteiger partial charge in [0.15, 0.2) is 5.96 Å². The van der Waals surface area contributed by atoms with E-state index < -0.39 is 0 Å². The predicted octanol–water partition coefficient (Wildman–Crippen LogP) is 3.98. The van der Waals surface area contributed by atoms with E-state index in [4.69, 9.17) is 9.47 Å². The van der Waals surface area contributed by atoms with E-state index in [0.717, 1.165) is 50.7 Å². The summed E-state index contributed by atoms with van der Waals surface area (Å²) >= 11 is 1.93. The van der Waals surface area contributed by atoms with E-state index in [1.807, 2.05) is 30.9 Å². The van der Waals surface area contributed by atoms with Gasteiger partial charge in [-0.3, -0.25) is 4.99 Å². The fourth-order valence-corrected chi connectivity index (χ4v) is 4.52. The van der Waals surface area contributed by atoms with Gasteiger partial charge in [-0.15, -0.1) is 24.0 Å². The van der Waals surface area contributed by atoms with Crippen LogP contribution in [0.3, 0.4) is 0 Å². The number of guanidine groups is 1. The van der Waals surface area contributed by atoms with Crippen molar-refractivity contribution in [1.82, 2.24) is 10.6 Å². The first kappa shape index (κ1) is 22.6. The second-order valence-electron chi connectivity index (χ2n) is 7.73. The first-order valence-electron chi connectivity index (χ1n) is 9.35. The molecule has 0 spiro atoms. The second-order valence-corrected chi connectivity index (χ2v) is 9.00. The van der Waals surface area contributed by atoms with Crippen molar-refractivity contribution in [3.8, 4) is 5.75 Å². The smallest absolute Gasteiger partial charge is 0.191 e. The molecule has 7 heteroatoms. The van der Waals surface area contributed by atoms with Gasteiger partial charge in [-0.2, -0.15) is 11.8 Å². The lowest BCUT2D eigenvalue weighted by atomic mass is 9.90. The van der Waals surface area contributed by atoms with Gasteiger partial charge in [-0.1, -0.05) is 18.2 Å². The number of benzene rings is 1. The zero-order valence-electron chi connectivity index (χ0n) is 16.7. The first-order chi connectivity index (χ1) is 12.5. The van der Waals surface area contributed by atoms with Gasteiger partial charge in [-0.05, 0) is 39.0 Å². The topological polar surface area (TPSA) is 54.9 Å². The molecule has 1 aromatic carbocycles. The Morgan fingerprint density at radius 2 is 1.96 bits per heavy atom. The number of thioether (sulfide) groups is 1. The molecule has 1 saturated heterocycles. The summed E-state index contributed by atoms with van der Waals surface area (Å²) in [5.41, 5.74) is 0.993. The number of para-hydroxylation sites is 1. The highest BCUT2D eigenvalue weighted by Gasteiger charge is 2.35. The molecule has 3 rings (SSSR count). The van der Waals surface area contributed by atoms with Crippen LogP contribution in [0.1, 0.15) is 44.7 Å². The van der Waals surface area contributed by atoms with E-state index in [2.05, 4.69) is 47.9 Å². The average molecular weight is 505 g/mol. The molecule has 0 aliphatic carbocycles. The number of halogens is 1. The Balaban J connectivity index is 0.00000261. The van der Waals surface area contributed by atoms with Crippen molar-refractivity contribution in [2.24, 2.45) is 4.99 Å². The Morgan fingerprint density at radius 3 is 2.63 bits per heavy atom. The summed E-state index contributed by atoms with van der Waals surface area (Å²) in [6.45, 7) is 6.86. The quantitative estimate of drug-likeness (QED) is 0.369. The Bertz CT molecular complexity index is 648. The van der Waals surface area contributed by atoms with Crippen LogP contribution in [-0.2, 0) is 4.74 Å². The molecule has 1 unspecified atom stereocenters. The molecule has 1 aromatic rings. The van der Waals surface area contributed by atoms with Gasteiger partial charge in [0.05, 0.1) is 6.04 Å². The number of fused-ring (bicyclic) bond motifs is 1. The van der Waals surface area contributed by atoms with Crippen molar-refractivity contribution in [2.45, 2.75) is 49.5 Å². The summed E-state index contributed by atoms with van der Waals surface area (Å²) in [4.78, 5) is 4.47. The van der Waals surface area contributed by atoms with Crippen LogP contribution in [-0.4, -0.2) is 49.4 Å². The number of nitrogens with zero attached hydrogens (tertiary/aromatic N) is 1. The van der Waals surface area contributed by atoms with E-state index in [1.165, 1.54) is 5.56 Å². The molecule has 0 saturated carbocycles. The minimum Gasteiger partial charge on any atom is -0.487 e. The van der Waals surface area contributed by atoms with Gasteiger partial charge in [0.1, 0.15) is 11.4 Å². The van der Waals surface area contributed by atoms with Gasteiger partial charge in [0, 0.05) is 43.5 Å². The highest BCUT2D eigenvalue weighted by atomic mass is 127. The maximum absolute atomic E-state index is 6.14. The summed E-state index contributed by atoms with van der Waals surface area (Å²) in [6, 6.07) is 8.46. The number of hydrogen-bond donors (Lipinski definition) is 2. The molecule has 0 radical (unpaired) electrons. The molecule has 0 aromatic heterocycles. The molecule has 2 aliphatic rings. The Hall–Kier alpha value is -0.670. The summed E-state index contributed by atoms with van der Waals surface area (Å²) < 4.78 is 11.9. The number of rotatable bonds is 4. The molecule has 152 valence electrons. The Labute approximate surface area is 184 Å². The van der Waals surface area contributed by atoms with Gasteiger partial charge in [0.2, 0.25) is 0 Å². The van der Waals surface area contributed by atoms with Gasteiger partial charge in [0.25, 0.3) is 0 Å². The molecular formula is C20H32IN3O2S. The van der Waals surface area contributed by atoms with Crippen molar-refractivity contribution in [1.29, 1.82) is 0 Å². The van der Waals surface area contributed by atoms with Crippen LogP contribution in [0, 0.1) is 0 Å². The van der Waals surface area contributed by atoms with Crippen molar-refractivity contribution in [3.63, 3.8) is 0 Å². The third-order valence-corrected chi connectivity index (χ3v) is 6.74. The highest BCUT2D eigenvalue weighted by Crippen LogP contribution is 2.39. The lowest BCUT2D eigenvalue weighted by Crippen LogP contribution is -2.50. The molecule has 2 aliphatic heterocycles. The summed E-state index contributed by atoms with van der Waals surface area (Å²) in [5, 5.41) is 7.17. The fourth-order valence-electron chi connectivity index (χ4n) is 3.73. The third-order valence-electron chi connectivity index (χ3n) is 5.33. The first-order valence-corrected chi connectivity index (χ1v) is 10.6. The molecule has 1 atom stereocenters. The molecule has 0 amide bonds. The predicted molar refractivity (Wildman–Crippen MR) is 125 cm³/mol. The summed E-state index contributed by atoms with van der Waals surface area (Å²) in [6.07, 6.45) is 5.24. The molecule has 1 fully saturated rings. The standard InChI is InChI=1S/C20H31N3O2S.HI/c1-19(2)13-16(15-7-5-6-8-17(15)25-19)23-18(21-3)22-14-20(26-4)9-11-24-12-10-20;/h5-8,16H,9-14H2,1-4H3,(H2,21,22,23);1H. The van der Waals surface area contributed by atoms with Crippen molar-refractivity contribution < 1.29 is 9.47 Å². The zero-order valence-corrected chi connectivity index (χ0v) is 19.9. The van der Waals surface area contributed by atoms with Gasteiger partial charge >= 0.3 is 0 Å². The maximum atomic E-state index is 6.14. The molecular weight excluding hydrogens is 473 g/mol. The number of ether oxygens (including phenoxy) is 2. The van der Waals surface area contributed by atoms with Crippen LogP contribution in [0.5, 0.6) is 5.75 Å². The normalized spacial score (nSPS) is 23.4. The lowest BCUT2D eigenvalue weighted by Gasteiger charge is -2.39. The summed E-state index contributed by atoms with van der Waals surface area (Å²) in [7, 11) is 1.83. The lowest BCUT2D eigenvalue weighted by molar-refractivity contribution is 0.0691. The molecule has 27 heavy (non-hydrogen) atoms. The van der Waals surface area contributed by atoms with E-state index in [9.17, 15) is 0 Å².